The quantitative estimate of drug-likeness (QED) is 0.162. The summed E-state index contributed by atoms with van der Waals surface area (Å²) in [5.41, 5.74) is 2.07. The van der Waals surface area contributed by atoms with Crippen LogP contribution in [-0.4, -0.2) is 41.8 Å². The first-order valence-electron chi connectivity index (χ1n) is 11.5. The SMILES string of the molecule is CCOc1cc(/C=C2\SC(=O)N(CCOc3cccc(C)c3)C2=O)cc(Br)c1OC(=O)c1ccccc1. The van der Waals surface area contributed by atoms with Gasteiger partial charge in [-0.15, -0.1) is 0 Å². The smallest absolute Gasteiger partial charge is 0.343 e. The van der Waals surface area contributed by atoms with Crippen LogP contribution in [0.15, 0.2) is 76.1 Å². The summed E-state index contributed by atoms with van der Waals surface area (Å²) in [5.74, 6) is 0.330. The van der Waals surface area contributed by atoms with Gasteiger partial charge in [0, 0.05) is 0 Å². The molecule has 190 valence electrons. The van der Waals surface area contributed by atoms with E-state index in [4.69, 9.17) is 14.2 Å². The second kappa shape index (κ2) is 12.1. The van der Waals surface area contributed by atoms with Crippen molar-refractivity contribution in [3.8, 4) is 17.2 Å². The molecular formula is C28H24BrNO6S. The largest absolute Gasteiger partial charge is 0.492 e. The van der Waals surface area contributed by atoms with E-state index in [1.807, 2.05) is 44.2 Å². The van der Waals surface area contributed by atoms with Crippen LogP contribution in [0.5, 0.6) is 17.2 Å². The highest BCUT2D eigenvalue weighted by Crippen LogP contribution is 2.39. The van der Waals surface area contributed by atoms with Crippen molar-refractivity contribution < 1.29 is 28.6 Å². The Morgan fingerprint density at radius 2 is 1.81 bits per heavy atom. The number of thioether (sulfide) groups is 1. The van der Waals surface area contributed by atoms with E-state index in [2.05, 4.69) is 15.9 Å². The molecule has 7 nitrogen and oxygen atoms in total. The summed E-state index contributed by atoms with van der Waals surface area (Å²) >= 11 is 4.31. The van der Waals surface area contributed by atoms with Gasteiger partial charge in [0.25, 0.3) is 11.1 Å². The lowest BCUT2D eigenvalue weighted by molar-refractivity contribution is -0.123. The monoisotopic (exact) mass is 581 g/mol. The minimum Gasteiger partial charge on any atom is -0.492 e. The Balaban J connectivity index is 1.49. The van der Waals surface area contributed by atoms with Crippen LogP contribution in [0.4, 0.5) is 4.79 Å². The van der Waals surface area contributed by atoms with E-state index in [9.17, 15) is 14.4 Å². The Bertz CT molecular complexity index is 1360. The Hall–Kier alpha value is -3.56. The van der Waals surface area contributed by atoms with Crippen molar-refractivity contribution in [3.63, 3.8) is 0 Å². The molecule has 37 heavy (non-hydrogen) atoms. The lowest BCUT2D eigenvalue weighted by Crippen LogP contribution is -2.32. The van der Waals surface area contributed by atoms with Gasteiger partial charge in [-0.25, -0.2) is 4.79 Å². The third-order valence-corrected chi connectivity index (χ3v) is 6.78. The Morgan fingerprint density at radius 3 is 2.54 bits per heavy atom. The van der Waals surface area contributed by atoms with Gasteiger partial charge >= 0.3 is 5.97 Å². The Kier molecular flexibility index (Phi) is 8.68. The molecule has 1 fully saturated rings. The molecule has 0 bridgehead atoms. The fourth-order valence-electron chi connectivity index (χ4n) is 3.56. The zero-order chi connectivity index (χ0) is 26.4. The predicted octanol–water partition coefficient (Wildman–Crippen LogP) is 6.49. The van der Waals surface area contributed by atoms with Crippen molar-refractivity contribution in [1.82, 2.24) is 4.90 Å². The number of imide groups is 1. The molecule has 3 aromatic carbocycles. The van der Waals surface area contributed by atoms with Crippen molar-refractivity contribution in [2.45, 2.75) is 13.8 Å². The molecule has 0 unspecified atom stereocenters. The van der Waals surface area contributed by atoms with Crippen LogP contribution in [0, 0.1) is 6.92 Å². The summed E-state index contributed by atoms with van der Waals surface area (Å²) < 4.78 is 17.5. The van der Waals surface area contributed by atoms with E-state index in [-0.39, 0.29) is 29.0 Å². The van der Waals surface area contributed by atoms with Crippen molar-refractivity contribution >= 4 is 50.9 Å². The van der Waals surface area contributed by atoms with Gasteiger partial charge in [-0.2, -0.15) is 0 Å². The number of benzene rings is 3. The average Bonchev–Trinajstić information content (AvgIpc) is 3.14. The zero-order valence-corrected chi connectivity index (χ0v) is 22.6. The van der Waals surface area contributed by atoms with Crippen molar-refractivity contribution in [1.29, 1.82) is 0 Å². The molecule has 0 aliphatic carbocycles. The fourth-order valence-corrected chi connectivity index (χ4v) is 4.97. The van der Waals surface area contributed by atoms with Gasteiger partial charge < -0.3 is 14.2 Å². The van der Waals surface area contributed by atoms with Gasteiger partial charge in [-0.1, -0.05) is 30.3 Å². The van der Waals surface area contributed by atoms with Gasteiger partial charge in [0.05, 0.1) is 28.1 Å². The maximum absolute atomic E-state index is 12.9. The molecule has 0 saturated carbocycles. The molecule has 1 saturated heterocycles. The molecule has 2 amide bonds. The maximum atomic E-state index is 12.9. The van der Waals surface area contributed by atoms with Crippen LogP contribution in [0.2, 0.25) is 0 Å². The van der Waals surface area contributed by atoms with E-state index >= 15 is 0 Å². The lowest BCUT2D eigenvalue weighted by atomic mass is 10.1. The number of aryl methyl sites for hydroxylation is 1. The molecule has 1 aliphatic rings. The molecule has 9 heteroatoms. The van der Waals surface area contributed by atoms with Crippen LogP contribution in [0.3, 0.4) is 0 Å². The first kappa shape index (κ1) is 26.5. The first-order chi connectivity index (χ1) is 17.9. The Labute approximate surface area is 227 Å². The normalized spacial score (nSPS) is 14.2. The van der Waals surface area contributed by atoms with Gasteiger partial charge in [-0.05, 0) is 95.1 Å². The molecule has 0 atom stereocenters. The second-order valence-electron chi connectivity index (χ2n) is 8.02. The van der Waals surface area contributed by atoms with Crippen LogP contribution < -0.4 is 14.2 Å². The highest BCUT2D eigenvalue weighted by atomic mass is 79.9. The number of esters is 1. The molecule has 4 rings (SSSR count). The Morgan fingerprint density at radius 1 is 1.03 bits per heavy atom. The second-order valence-corrected chi connectivity index (χ2v) is 9.86. The highest BCUT2D eigenvalue weighted by molar-refractivity contribution is 9.10. The maximum Gasteiger partial charge on any atom is 0.343 e. The van der Waals surface area contributed by atoms with E-state index in [1.165, 1.54) is 4.90 Å². The highest BCUT2D eigenvalue weighted by Gasteiger charge is 2.35. The summed E-state index contributed by atoms with van der Waals surface area (Å²) in [7, 11) is 0. The van der Waals surface area contributed by atoms with Crippen LogP contribution in [0.1, 0.15) is 28.4 Å². The average molecular weight is 582 g/mol. The third-order valence-electron chi connectivity index (χ3n) is 5.28. The first-order valence-corrected chi connectivity index (χ1v) is 13.1. The van der Waals surface area contributed by atoms with E-state index < -0.39 is 11.9 Å². The van der Waals surface area contributed by atoms with Gasteiger partial charge in [0.2, 0.25) is 0 Å². The number of hydrogen-bond acceptors (Lipinski definition) is 7. The number of carbonyl (C=O) groups is 3. The van der Waals surface area contributed by atoms with E-state index in [0.717, 1.165) is 17.3 Å². The number of ether oxygens (including phenoxy) is 3. The topological polar surface area (TPSA) is 82.1 Å². The fraction of sp³-hybridized carbons (Fsp3) is 0.179. The van der Waals surface area contributed by atoms with Gasteiger partial charge in [-0.3, -0.25) is 14.5 Å². The van der Waals surface area contributed by atoms with Crippen molar-refractivity contribution in [3.05, 3.63) is 92.8 Å². The number of amides is 2. The summed E-state index contributed by atoms with van der Waals surface area (Å²) in [4.78, 5) is 39.5. The third kappa shape index (κ3) is 6.61. The van der Waals surface area contributed by atoms with Crippen molar-refractivity contribution in [2.75, 3.05) is 19.8 Å². The standard InChI is InChI=1S/C28H24BrNO6S/c1-3-34-23-16-19(15-22(29)25(23)36-27(32)20-9-5-4-6-10-20)17-24-26(31)30(28(33)37-24)12-13-35-21-11-7-8-18(2)14-21/h4-11,14-17H,3,12-13H2,1-2H3/b24-17-. The molecular weight excluding hydrogens is 558 g/mol. The van der Waals surface area contributed by atoms with E-state index in [0.29, 0.717) is 33.7 Å². The molecule has 0 radical (unpaired) electrons. The molecule has 0 aromatic heterocycles. The lowest BCUT2D eigenvalue weighted by Gasteiger charge is -2.14. The number of carbonyl (C=O) groups excluding carboxylic acids is 3. The minimum absolute atomic E-state index is 0.137. The number of nitrogens with zero attached hydrogens (tertiary/aromatic N) is 1. The molecule has 0 N–H and O–H groups in total. The number of halogens is 1. The predicted molar refractivity (Wildman–Crippen MR) is 146 cm³/mol. The van der Waals surface area contributed by atoms with E-state index in [1.54, 1.807) is 42.5 Å². The molecule has 1 aliphatic heterocycles. The summed E-state index contributed by atoms with van der Waals surface area (Å²) in [6.45, 7) is 4.44. The van der Waals surface area contributed by atoms with Crippen molar-refractivity contribution in [2.24, 2.45) is 0 Å². The van der Waals surface area contributed by atoms with Crippen LogP contribution in [0.25, 0.3) is 6.08 Å². The van der Waals surface area contributed by atoms with Crippen LogP contribution in [-0.2, 0) is 4.79 Å². The number of hydrogen-bond donors (Lipinski definition) is 0. The molecule has 0 spiro atoms. The molecule has 1 heterocycles. The summed E-state index contributed by atoms with van der Waals surface area (Å²) in [6, 6.07) is 19.6. The summed E-state index contributed by atoms with van der Waals surface area (Å²) in [6.07, 6.45) is 1.61. The summed E-state index contributed by atoms with van der Waals surface area (Å²) in [5, 5.41) is -0.360. The molecule has 3 aromatic rings. The van der Waals surface area contributed by atoms with Crippen LogP contribution >= 0.6 is 27.7 Å². The minimum atomic E-state index is -0.524. The number of rotatable bonds is 9. The van der Waals surface area contributed by atoms with Gasteiger partial charge in [0.15, 0.2) is 11.5 Å². The zero-order valence-electron chi connectivity index (χ0n) is 20.2. The van der Waals surface area contributed by atoms with Gasteiger partial charge in [0.1, 0.15) is 12.4 Å².